The van der Waals surface area contributed by atoms with Crippen LogP contribution in [0, 0.1) is 5.92 Å². The molecule has 22 heavy (non-hydrogen) atoms. The highest BCUT2D eigenvalue weighted by Crippen LogP contribution is 2.13. The Morgan fingerprint density at radius 3 is 2.86 bits per heavy atom. The zero-order valence-corrected chi connectivity index (χ0v) is 13.2. The number of carbonyl (C=O) groups is 1. The molecule has 1 fully saturated rings. The number of aromatic nitrogens is 1. The average Bonchev–Trinajstić information content (AvgIpc) is 2.49. The SMILES string of the molecule is CC1CCNCC1NC(=O)c1cc2ccccc2c(=O)[nH]1.Cl. The predicted octanol–water partition coefficient (Wildman–Crippen LogP) is 1.68. The number of piperidine rings is 1. The highest BCUT2D eigenvalue weighted by molar-refractivity contribution is 5.96. The van der Waals surface area contributed by atoms with Crippen molar-refractivity contribution >= 4 is 29.1 Å². The molecule has 2 heterocycles. The molecule has 0 aliphatic carbocycles. The van der Waals surface area contributed by atoms with Crippen LogP contribution in [0.4, 0.5) is 0 Å². The van der Waals surface area contributed by atoms with Gasteiger partial charge in [-0.1, -0.05) is 25.1 Å². The van der Waals surface area contributed by atoms with Gasteiger partial charge in [0.05, 0.1) is 0 Å². The van der Waals surface area contributed by atoms with E-state index in [9.17, 15) is 9.59 Å². The summed E-state index contributed by atoms with van der Waals surface area (Å²) in [6.07, 6.45) is 1.04. The first-order valence-electron chi connectivity index (χ1n) is 7.29. The highest BCUT2D eigenvalue weighted by atomic mass is 35.5. The largest absolute Gasteiger partial charge is 0.346 e. The van der Waals surface area contributed by atoms with E-state index in [-0.39, 0.29) is 29.9 Å². The van der Waals surface area contributed by atoms with Gasteiger partial charge in [0.15, 0.2) is 0 Å². The lowest BCUT2D eigenvalue weighted by Crippen LogP contribution is -2.50. The summed E-state index contributed by atoms with van der Waals surface area (Å²) in [5, 5.41) is 7.66. The van der Waals surface area contributed by atoms with E-state index in [1.807, 2.05) is 18.2 Å². The van der Waals surface area contributed by atoms with Gasteiger partial charge in [0, 0.05) is 18.0 Å². The van der Waals surface area contributed by atoms with Gasteiger partial charge < -0.3 is 15.6 Å². The molecular weight excluding hydrogens is 302 g/mol. The third-order valence-electron chi connectivity index (χ3n) is 4.14. The standard InChI is InChI=1S/C16H19N3O2.ClH/c1-10-6-7-17-9-14(10)19-16(21)13-8-11-4-2-3-5-12(11)15(20)18-13;/h2-5,8,10,14,17H,6-7,9H2,1H3,(H,18,20)(H,19,21);1H. The minimum Gasteiger partial charge on any atom is -0.346 e. The van der Waals surface area contributed by atoms with Crippen LogP contribution in [0.1, 0.15) is 23.8 Å². The summed E-state index contributed by atoms with van der Waals surface area (Å²) >= 11 is 0. The maximum atomic E-state index is 12.3. The maximum absolute atomic E-state index is 12.3. The molecule has 1 amide bonds. The van der Waals surface area contributed by atoms with Crippen molar-refractivity contribution in [1.29, 1.82) is 0 Å². The van der Waals surface area contributed by atoms with Crippen LogP contribution >= 0.6 is 12.4 Å². The van der Waals surface area contributed by atoms with E-state index in [2.05, 4.69) is 22.5 Å². The molecule has 0 spiro atoms. The molecule has 1 aromatic carbocycles. The molecule has 118 valence electrons. The summed E-state index contributed by atoms with van der Waals surface area (Å²) in [5.41, 5.74) is 0.0875. The Morgan fingerprint density at radius 1 is 1.32 bits per heavy atom. The van der Waals surface area contributed by atoms with Crippen molar-refractivity contribution < 1.29 is 4.79 Å². The van der Waals surface area contributed by atoms with Gasteiger partial charge in [-0.2, -0.15) is 0 Å². The number of aromatic amines is 1. The van der Waals surface area contributed by atoms with E-state index in [4.69, 9.17) is 0 Å². The van der Waals surface area contributed by atoms with Crippen LogP contribution in [-0.2, 0) is 0 Å². The molecule has 0 saturated carbocycles. The second-order valence-corrected chi connectivity index (χ2v) is 5.65. The Balaban J connectivity index is 0.00000176. The summed E-state index contributed by atoms with van der Waals surface area (Å²) in [4.78, 5) is 27.0. The Bertz CT molecular complexity index is 729. The average molecular weight is 322 g/mol. The molecule has 2 atom stereocenters. The number of rotatable bonds is 2. The van der Waals surface area contributed by atoms with Gasteiger partial charge in [0.1, 0.15) is 5.69 Å². The zero-order chi connectivity index (χ0) is 14.8. The fourth-order valence-electron chi connectivity index (χ4n) is 2.76. The number of halogens is 1. The van der Waals surface area contributed by atoms with Gasteiger partial charge in [0.25, 0.3) is 11.5 Å². The van der Waals surface area contributed by atoms with Crippen LogP contribution in [0.3, 0.4) is 0 Å². The molecule has 2 unspecified atom stereocenters. The lowest BCUT2D eigenvalue weighted by molar-refractivity contribution is 0.0910. The van der Waals surface area contributed by atoms with Crippen LogP contribution in [0.15, 0.2) is 35.1 Å². The van der Waals surface area contributed by atoms with E-state index < -0.39 is 0 Å². The third-order valence-corrected chi connectivity index (χ3v) is 4.14. The van der Waals surface area contributed by atoms with Crippen LogP contribution in [0.2, 0.25) is 0 Å². The number of fused-ring (bicyclic) bond motifs is 1. The fraction of sp³-hybridized carbons (Fsp3) is 0.375. The quantitative estimate of drug-likeness (QED) is 0.788. The number of amides is 1. The van der Waals surface area contributed by atoms with Gasteiger partial charge >= 0.3 is 0 Å². The molecule has 1 saturated heterocycles. The van der Waals surface area contributed by atoms with E-state index in [0.717, 1.165) is 24.9 Å². The van der Waals surface area contributed by atoms with Crippen molar-refractivity contribution in [3.8, 4) is 0 Å². The van der Waals surface area contributed by atoms with Crippen molar-refractivity contribution in [2.24, 2.45) is 5.92 Å². The molecule has 0 radical (unpaired) electrons. The van der Waals surface area contributed by atoms with E-state index in [1.54, 1.807) is 12.1 Å². The minimum absolute atomic E-state index is 0. The summed E-state index contributed by atoms with van der Waals surface area (Å²) in [6, 6.07) is 9.09. The molecular formula is C16H20ClN3O2. The first kappa shape index (κ1) is 16.5. The first-order valence-corrected chi connectivity index (χ1v) is 7.29. The van der Waals surface area contributed by atoms with E-state index in [0.29, 0.717) is 17.0 Å². The summed E-state index contributed by atoms with van der Waals surface area (Å²) in [5.74, 6) is 0.209. The molecule has 3 rings (SSSR count). The number of benzene rings is 1. The molecule has 1 aliphatic heterocycles. The molecule has 3 N–H and O–H groups in total. The van der Waals surface area contributed by atoms with Crippen molar-refractivity contribution in [2.75, 3.05) is 13.1 Å². The molecule has 5 nitrogen and oxygen atoms in total. The van der Waals surface area contributed by atoms with Gasteiger partial charge in [-0.3, -0.25) is 9.59 Å². The fourth-order valence-corrected chi connectivity index (χ4v) is 2.76. The summed E-state index contributed by atoms with van der Waals surface area (Å²) in [6.45, 7) is 3.89. The van der Waals surface area contributed by atoms with Gasteiger partial charge in [0.2, 0.25) is 0 Å². The monoisotopic (exact) mass is 321 g/mol. The lowest BCUT2D eigenvalue weighted by atomic mass is 9.94. The lowest BCUT2D eigenvalue weighted by Gasteiger charge is -2.30. The molecule has 1 aliphatic rings. The smallest absolute Gasteiger partial charge is 0.268 e. The maximum Gasteiger partial charge on any atom is 0.268 e. The van der Waals surface area contributed by atoms with Crippen molar-refractivity contribution in [1.82, 2.24) is 15.6 Å². The number of H-pyrrole nitrogens is 1. The van der Waals surface area contributed by atoms with Crippen LogP contribution in [0.25, 0.3) is 10.8 Å². The molecule has 1 aromatic heterocycles. The number of nitrogens with one attached hydrogen (secondary N) is 3. The van der Waals surface area contributed by atoms with Crippen LogP contribution in [-0.4, -0.2) is 30.0 Å². The van der Waals surface area contributed by atoms with Gasteiger partial charge in [-0.05, 0) is 36.4 Å². The normalized spacial score (nSPS) is 21.1. The Kier molecular flexibility index (Phi) is 5.21. The van der Waals surface area contributed by atoms with Crippen LogP contribution < -0.4 is 16.2 Å². The highest BCUT2D eigenvalue weighted by Gasteiger charge is 2.23. The number of pyridine rings is 1. The second-order valence-electron chi connectivity index (χ2n) is 5.65. The third kappa shape index (κ3) is 3.31. The van der Waals surface area contributed by atoms with E-state index >= 15 is 0 Å². The molecule has 6 heteroatoms. The van der Waals surface area contributed by atoms with Gasteiger partial charge in [-0.25, -0.2) is 0 Å². The Labute approximate surface area is 134 Å². The van der Waals surface area contributed by atoms with Crippen LogP contribution in [0.5, 0.6) is 0 Å². The summed E-state index contributed by atoms with van der Waals surface area (Å²) in [7, 11) is 0. The second kappa shape index (κ2) is 6.94. The van der Waals surface area contributed by atoms with Crippen molar-refractivity contribution in [3.05, 3.63) is 46.4 Å². The van der Waals surface area contributed by atoms with E-state index in [1.165, 1.54) is 0 Å². The van der Waals surface area contributed by atoms with Gasteiger partial charge in [-0.15, -0.1) is 12.4 Å². The van der Waals surface area contributed by atoms with Crippen molar-refractivity contribution in [2.45, 2.75) is 19.4 Å². The molecule has 0 bridgehead atoms. The Morgan fingerprint density at radius 2 is 2.09 bits per heavy atom. The predicted molar refractivity (Wildman–Crippen MR) is 89.7 cm³/mol. The minimum atomic E-state index is -0.229. The Hall–Kier alpha value is -1.85. The molecule has 2 aromatic rings. The zero-order valence-electron chi connectivity index (χ0n) is 12.4. The topological polar surface area (TPSA) is 74.0 Å². The number of hydrogen-bond donors (Lipinski definition) is 3. The number of carbonyl (C=O) groups excluding carboxylic acids is 1. The summed E-state index contributed by atoms with van der Waals surface area (Å²) < 4.78 is 0. The number of hydrogen-bond acceptors (Lipinski definition) is 3. The first-order chi connectivity index (χ1) is 10.1. The van der Waals surface area contributed by atoms with Crippen molar-refractivity contribution in [3.63, 3.8) is 0 Å².